The summed E-state index contributed by atoms with van der Waals surface area (Å²) in [6, 6.07) is 3.83. The smallest absolute Gasteiger partial charge is 0.125 e. The second-order valence-corrected chi connectivity index (χ2v) is 4.42. The van der Waals surface area contributed by atoms with Crippen molar-refractivity contribution in [1.29, 1.82) is 0 Å². The van der Waals surface area contributed by atoms with E-state index in [-0.39, 0.29) is 0 Å². The van der Waals surface area contributed by atoms with Gasteiger partial charge in [0.15, 0.2) is 0 Å². The van der Waals surface area contributed by atoms with Gasteiger partial charge in [0.2, 0.25) is 0 Å². The van der Waals surface area contributed by atoms with Gasteiger partial charge in [-0.2, -0.15) is 0 Å². The molecule has 0 atom stereocenters. The van der Waals surface area contributed by atoms with Crippen molar-refractivity contribution in [1.82, 2.24) is 4.98 Å². The maximum absolute atomic E-state index is 9.83. The molecule has 1 aromatic rings. The van der Waals surface area contributed by atoms with Gasteiger partial charge in [0.25, 0.3) is 0 Å². The summed E-state index contributed by atoms with van der Waals surface area (Å²) >= 11 is 0. The van der Waals surface area contributed by atoms with Crippen molar-refractivity contribution in [3.05, 3.63) is 18.3 Å². The Morgan fingerprint density at radius 3 is 2.73 bits per heavy atom. The summed E-state index contributed by atoms with van der Waals surface area (Å²) in [5.74, 6) is 0.546. The number of nitrogens with zero attached hydrogens (tertiary/aromatic N) is 2. The number of anilines is 2. The van der Waals surface area contributed by atoms with Gasteiger partial charge < -0.3 is 15.7 Å². The van der Waals surface area contributed by atoms with Gasteiger partial charge in [-0.3, -0.25) is 0 Å². The van der Waals surface area contributed by atoms with E-state index in [0.29, 0.717) is 5.82 Å². The molecule has 0 radical (unpaired) electrons. The van der Waals surface area contributed by atoms with E-state index in [1.54, 1.807) is 6.20 Å². The van der Waals surface area contributed by atoms with Gasteiger partial charge in [-0.15, -0.1) is 0 Å². The van der Waals surface area contributed by atoms with Crippen LogP contribution in [0.15, 0.2) is 18.3 Å². The highest BCUT2D eigenvalue weighted by atomic mass is 16.3. The third-order valence-electron chi connectivity index (χ3n) is 2.97. The van der Waals surface area contributed by atoms with Crippen LogP contribution in [0.4, 0.5) is 11.5 Å². The number of rotatable bonds is 1. The van der Waals surface area contributed by atoms with Gasteiger partial charge in [-0.25, -0.2) is 4.98 Å². The van der Waals surface area contributed by atoms with Gasteiger partial charge in [0, 0.05) is 31.0 Å². The first-order chi connectivity index (χ1) is 7.07. The summed E-state index contributed by atoms with van der Waals surface area (Å²) in [6.45, 7) is 3.64. The lowest BCUT2D eigenvalue weighted by Gasteiger charge is -2.37. The van der Waals surface area contributed by atoms with Crippen molar-refractivity contribution in [2.45, 2.75) is 25.4 Å². The molecule has 2 heterocycles. The Morgan fingerprint density at radius 1 is 1.47 bits per heavy atom. The van der Waals surface area contributed by atoms with Gasteiger partial charge in [-0.1, -0.05) is 0 Å². The Morgan fingerprint density at radius 2 is 2.13 bits per heavy atom. The summed E-state index contributed by atoms with van der Waals surface area (Å²) in [5, 5.41) is 9.83. The Bertz CT molecular complexity index is 341. The molecule has 0 bridgehead atoms. The zero-order valence-corrected chi connectivity index (χ0v) is 8.98. The SMILES string of the molecule is CC1(O)CCN(c2ccnc(N)c2)CC1. The largest absolute Gasteiger partial charge is 0.390 e. The van der Waals surface area contributed by atoms with Crippen molar-refractivity contribution in [3.63, 3.8) is 0 Å². The standard InChI is InChI=1S/C11H17N3O/c1-11(15)3-6-14(7-4-11)9-2-5-13-10(12)8-9/h2,5,8,15H,3-4,6-7H2,1H3,(H2,12,13). The minimum atomic E-state index is -0.505. The van der Waals surface area contributed by atoms with E-state index in [9.17, 15) is 5.11 Å². The molecule has 0 unspecified atom stereocenters. The number of hydrogen-bond acceptors (Lipinski definition) is 4. The fourth-order valence-corrected chi connectivity index (χ4v) is 1.88. The van der Waals surface area contributed by atoms with E-state index in [0.717, 1.165) is 31.6 Å². The van der Waals surface area contributed by atoms with Crippen molar-refractivity contribution in [3.8, 4) is 0 Å². The summed E-state index contributed by atoms with van der Waals surface area (Å²) in [7, 11) is 0. The molecule has 15 heavy (non-hydrogen) atoms. The molecule has 4 nitrogen and oxygen atoms in total. The first-order valence-electron chi connectivity index (χ1n) is 5.26. The maximum atomic E-state index is 9.83. The number of hydrogen-bond donors (Lipinski definition) is 2. The Balaban J connectivity index is 2.08. The van der Waals surface area contributed by atoms with Gasteiger partial charge >= 0.3 is 0 Å². The summed E-state index contributed by atoms with van der Waals surface area (Å²) in [4.78, 5) is 6.20. The zero-order chi connectivity index (χ0) is 10.9. The second kappa shape index (κ2) is 3.70. The van der Waals surface area contributed by atoms with Crippen molar-refractivity contribution < 1.29 is 5.11 Å². The summed E-state index contributed by atoms with van der Waals surface area (Å²) in [5.41, 5.74) is 6.22. The van der Waals surface area contributed by atoms with Crippen LogP contribution >= 0.6 is 0 Å². The summed E-state index contributed by atoms with van der Waals surface area (Å²) in [6.07, 6.45) is 3.32. The molecule has 2 rings (SSSR count). The minimum absolute atomic E-state index is 0.505. The van der Waals surface area contributed by atoms with E-state index in [1.807, 2.05) is 19.1 Å². The molecule has 1 aromatic heterocycles. The van der Waals surface area contributed by atoms with Crippen molar-refractivity contribution >= 4 is 11.5 Å². The zero-order valence-electron chi connectivity index (χ0n) is 8.98. The lowest BCUT2D eigenvalue weighted by molar-refractivity contribution is 0.0351. The highest BCUT2D eigenvalue weighted by Crippen LogP contribution is 2.25. The minimum Gasteiger partial charge on any atom is -0.390 e. The molecule has 0 spiro atoms. The molecule has 0 aliphatic carbocycles. The molecular formula is C11H17N3O. The van der Waals surface area contributed by atoms with Crippen LogP contribution < -0.4 is 10.6 Å². The molecule has 82 valence electrons. The lowest BCUT2D eigenvalue weighted by atomic mass is 9.93. The Kier molecular flexibility index (Phi) is 2.52. The van der Waals surface area contributed by atoms with Crippen LogP contribution in [0.5, 0.6) is 0 Å². The lowest BCUT2D eigenvalue weighted by Crippen LogP contribution is -2.42. The first kappa shape index (κ1) is 10.2. The van der Waals surface area contributed by atoms with Crippen LogP contribution in [0.1, 0.15) is 19.8 Å². The molecule has 1 aliphatic rings. The normalized spacial score (nSPS) is 20.3. The number of pyridine rings is 1. The molecule has 1 aliphatic heterocycles. The van der Waals surface area contributed by atoms with E-state index in [4.69, 9.17) is 5.73 Å². The van der Waals surface area contributed by atoms with Crippen molar-refractivity contribution in [2.24, 2.45) is 0 Å². The van der Waals surface area contributed by atoms with E-state index < -0.39 is 5.60 Å². The van der Waals surface area contributed by atoms with Crippen LogP contribution in [0.25, 0.3) is 0 Å². The van der Waals surface area contributed by atoms with Gasteiger partial charge in [-0.05, 0) is 25.8 Å². The Hall–Kier alpha value is -1.29. The van der Waals surface area contributed by atoms with Crippen LogP contribution in [-0.2, 0) is 0 Å². The number of nitrogen functional groups attached to an aromatic ring is 1. The molecule has 0 aromatic carbocycles. The molecular weight excluding hydrogens is 190 g/mol. The summed E-state index contributed by atoms with van der Waals surface area (Å²) < 4.78 is 0. The van der Waals surface area contributed by atoms with Crippen LogP contribution in [0.2, 0.25) is 0 Å². The molecule has 0 amide bonds. The molecule has 1 saturated heterocycles. The third-order valence-corrected chi connectivity index (χ3v) is 2.97. The predicted molar refractivity (Wildman–Crippen MR) is 60.7 cm³/mol. The van der Waals surface area contributed by atoms with Gasteiger partial charge in [0.1, 0.15) is 5.82 Å². The average Bonchev–Trinajstić information content (AvgIpc) is 2.17. The van der Waals surface area contributed by atoms with Gasteiger partial charge in [0.05, 0.1) is 5.60 Å². The van der Waals surface area contributed by atoms with Crippen LogP contribution in [-0.4, -0.2) is 28.8 Å². The first-order valence-corrected chi connectivity index (χ1v) is 5.26. The number of aliphatic hydroxyl groups is 1. The highest BCUT2D eigenvalue weighted by molar-refractivity contribution is 5.52. The molecule has 0 saturated carbocycles. The monoisotopic (exact) mass is 207 g/mol. The molecule has 1 fully saturated rings. The number of piperidine rings is 1. The fourth-order valence-electron chi connectivity index (χ4n) is 1.88. The third kappa shape index (κ3) is 2.39. The molecule has 4 heteroatoms. The second-order valence-electron chi connectivity index (χ2n) is 4.42. The highest BCUT2D eigenvalue weighted by Gasteiger charge is 2.27. The Labute approximate surface area is 89.7 Å². The van der Waals surface area contributed by atoms with E-state index in [1.165, 1.54) is 0 Å². The van der Waals surface area contributed by atoms with Crippen molar-refractivity contribution in [2.75, 3.05) is 23.7 Å². The molecule has 3 N–H and O–H groups in total. The van der Waals surface area contributed by atoms with Crippen LogP contribution in [0, 0.1) is 0 Å². The average molecular weight is 207 g/mol. The predicted octanol–water partition coefficient (Wildman–Crippen LogP) is 1.02. The van der Waals surface area contributed by atoms with Crippen LogP contribution in [0.3, 0.4) is 0 Å². The number of aromatic nitrogens is 1. The number of nitrogens with two attached hydrogens (primary N) is 1. The van der Waals surface area contributed by atoms with E-state index >= 15 is 0 Å². The topological polar surface area (TPSA) is 62.4 Å². The van der Waals surface area contributed by atoms with E-state index in [2.05, 4.69) is 9.88 Å². The quantitative estimate of drug-likeness (QED) is 0.721. The maximum Gasteiger partial charge on any atom is 0.125 e. The fraction of sp³-hybridized carbons (Fsp3) is 0.545.